The Morgan fingerprint density at radius 1 is 0.722 bits per heavy atom. The van der Waals surface area contributed by atoms with Crippen molar-refractivity contribution in [3.8, 4) is 0 Å². The van der Waals surface area contributed by atoms with Crippen LogP contribution in [0.15, 0.2) is 54.6 Å². The lowest BCUT2D eigenvalue weighted by atomic mass is 9.76. The van der Waals surface area contributed by atoms with Crippen LogP contribution in [0.4, 0.5) is 5.95 Å². The first-order valence-electron chi connectivity index (χ1n) is 14.5. The van der Waals surface area contributed by atoms with Crippen LogP contribution < -0.4 is 4.90 Å². The molecule has 0 unspecified atom stereocenters. The van der Waals surface area contributed by atoms with Gasteiger partial charge < -0.3 is 14.4 Å². The normalized spacial score (nSPS) is 23.0. The quantitative estimate of drug-likeness (QED) is 0.449. The monoisotopic (exact) mass is 485 g/mol. The first-order valence-corrected chi connectivity index (χ1v) is 14.5. The number of benzene rings is 2. The van der Waals surface area contributed by atoms with Gasteiger partial charge in [-0.25, -0.2) is 4.98 Å². The number of likely N-dealkylation sites (tertiary alicyclic amines) is 1. The number of hydrogen-bond acceptors (Lipinski definition) is 4. The van der Waals surface area contributed by atoms with E-state index < -0.39 is 0 Å². The average molecular weight is 486 g/mol. The van der Waals surface area contributed by atoms with E-state index in [0.29, 0.717) is 6.04 Å². The summed E-state index contributed by atoms with van der Waals surface area (Å²) in [7, 11) is 2.23. The molecular weight excluding hydrogens is 442 g/mol. The van der Waals surface area contributed by atoms with E-state index in [-0.39, 0.29) is 5.54 Å². The maximum atomic E-state index is 5.19. The molecule has 0 N–H and O–H groups in total. The highest BCUT2D eigenvalue weighted by Gasteiger charge is 2.40. The van der Waals surface area contributed by atoms with E-state index in [1.165, 1.54) is 82.3 Å². The van der Waals surface area contributed by atoms with E-state index in [1.807, 2.05) is 0 Å². The van der Waals surface area contributed by atoms with Gasteiger partial charge in [0.2, 0.25) is 5.95 Å². The van der Waals surface area contributed by atoms with E-state index in [9.17, 15) is 0 Å². The molecule has 0 spiro atoms. The molecule has 3 heterocycles. The molecule has 2 saturated heterocycles. The Morgan fingerprint density at radius 2 is 1.36 bits per heavy atom. The molecule has 1 aliphatic carbocycles. The number of hydrogen-bond donors (Lipinski definition) is 0. The zero-order valence-corrected chi connectivity index (χ0v) is 22.1. The summed E-state index contributed by atoms with van der Waals surface area (Å²) >= 11 is 0. The van der Waals surface area contributed by atoms with Crippen molar-refractivity contribution < 1.29 is 0 Å². The maximum Gasteiger partial charge on any atom is 0.206 e. The molecule has 36 heavy (non-hydrogen) atoms. The Hall–Kier alpha value is -2.37. The van der Waals surface area contributed by atoms with Crippen LogP contribution in [0, 0.1) is 0 Å². The summed E-state index contributed by atoms with van der Waals surface area (Å²) < 4.78 is 2.62. The maximum absolute atomic E-state index is 5.19. The van der Waals surface area contributed by atoms with Crippen LogP contribution in [0.1, 0.15) is 69.4 Å². The molecule has 2 aromatic carbocycles. The van der Waals surface area contributed by atoms with Crippen LogP contribution in [-0.2, 0) is 5.54 Å². The Morgan fingerprint density at radius 3 is 2.08 bits per heavy atom. The number of piperazine rings is 1. The number of imidazole rings is 1. The average Bonchev–Trinajstić information content (AvgIpc) is 3.30. The van der Waals surface area contributed by atoms with Gasteiger partial charge in [0.25, 0.3) is 0 Å². The highest BCUT2D eigenvalue weighted by molar-refractivity contribution is 5.79. The van der Waals surface area contributed by atoms with Crippen molar-refractivity contribution in [2.45, 2.75) is 69.4 Å². The molecule has 1 saturated carbocycles. The van der Waals surface area contributed by atoms with Crippen LogP contribution in [0.2, 0.25) is 0 Å². The van der Waals surface area contributed by atoms with Gasteiger partial charge in [0.05, 0.1) is 11.0 Å². The fourth-order valence-electron chi connectivity index (χ4n) is 7.20. The van der Waals surface area contributed by atoms with Gasteiger partial charge in [-0.3, -0.25) is 4.90 Å². The molecular formula is C31H43N5. The van der Waals surface area contributed by atoms with Crippen LogP contribution in [0.25, 0.3) is 11.0 Å². The van der Waals surface area contributed by atoms with Crippen molar-refractivity contribution in [1.29, 1.82) is 0 Å². The molecule has 2 aliphatic heterocycles. The second-order valence-electron chi connectivity index (χ2n) is 11.4. The van der Waals surface area contributed by atoms with E-state index in [0.717, 1.165) is 31.7 Å². The van der Waals surface area contributed by atoms with Crippen molar-refractivity contribution >= 4 is 17.0 Å². The lowest BCUT2D eigenvalue weighted by Crippen LogP contribution is -2.50. The number of para-hydroxylation sites is 2. The van der Waals surface area contributed by atoms with E-state index >= 15 is 0 Å². The molecule has 6 rings (SSSR count). The second kappa shape index (κ2) is 10.5. The lowest BCUT2D eigenvalue weighted by Gasteiger charge is -2.49. The van der Waals surface area contributed by atoms with Crippen molar-refractivity contribution in [2.75, 3.05) is 51.2 Å². The van der Waals surface area contributed by atoms with Gasteiger partial charge in [-0.15, -0.1) is 0 Å². The molecule has 3 fully saturated rings. The summed E-state index contributed by atoms with van der Waals surface area (Å²) in [6.07, 6.45) is 11.9. The van der Waals surface area contributed by atoms with E-state index in [4.69, 9.17) is 4.98 Å². The van der Waals surface area contributed by atoms with Gasteiger partial charge in [0, 0.05) is 50.8 Å². The number of nitrogens with zero attached hydrogens (tertiary/aromatic N) is 5. The number of likely N-dealkylation sites (N-methyl/N-ethyl adjacent to an activating group) is 1. The lowest BCUT2D eigenvalue weighted by molar-refractivity contribution is 0.0274. The Bertz CT molecular complexity index is 1110. The SMILES string of the molecule is CN1CCN(c2nc3ccccc3n2C2CCN(C3(c4ccccc4)CCCCCCC3)CC2)CC1. The molecule has 0 bridgehead atoms. The van der Waals surface area contributed by atoms with Gasteiger partial charge in [0.15, 0.2) is 0 Å². The van der Waals surface area contributed by atoms with Gasteiger partial charge >= 0.3 is 0 Å². The molecule has 192 valence electrons. The highest BCUT2D eigenvalue weighted by Crippen LogP contribution is 2.44. The van der Waals surface area contributed by atoms with Gasteiger partial charge in [-0.05, 0) is 50.4 Å². The summed E-state index contributed by atoms with van der Waals surface area (Å²) in [4.78, 5) is 13.0. The smallest absolute Gasteiger partial charge is 0.206 e. The standard InChI is InChI=1S/C31H43N5/c1-33-22-24-34(25-23-33)30-32-28-14-8-9-15-29(28)36(30)27-16-20-35(21-17-27)31(26-12-6-5-7-13-26)18-10-3-2-4-11-19-31/h5-9,12-15,27H,2-4,10-11,16-25H2,1H3. The van der Waals surface area contributed by atoms with Gasteiger partial charge in [-0.1, -0.05) is 74.6 Å². The number of piperidine rings is 1. The molecule has 5 nitrogen and oxygen atoms in total. The van der Waals surface area contributed by atoms with Crippen molar-refractivity contribution in [1.82, 2.24) is 19.4 Å². The molecule has 0 radical (unpaired) electrons. The summed E-state index contributed by atoms with van der Waals surface area (Å²) in [5.74, 6) is 1.20. The predicted octanol–water partition coefficient (Wildman–Crippen LogP) is 6.06. The fraction of sp³-hybridized carbons (Fsp3) is 0.581. The highest BCUT2D eigenvalue weighted by atomic mass is 15.4. The zero-order chi connectivity index (χ0) is 24.4. The minimum absolute atomic E-state index is 0.212. The Balaban J connectivity index is 1.28. The third-order valence-electron chi connectivity index (χ3n) is 9.29. The molecule has 1 aromatic heterocycles. The zero-order valence-electron chi connectivity index (χ0n) is 22.1. The van der Waals surface area contributed by atoms with Crippen LogP contribution in [0.5, 0.6) is 0 Å². The minimum Gasteiger partial charge on any atom is -0.340 e. The summed E-state index contributed by atoms with van der Waals surface area (Å²) in [5, 5.41) is 0. The van der Waals surface area contributed by atoms with Gasteiger partial charge in [0.1, 0.15) is 0 Å². The van der Waals surface area contributed by atoms with Crippen molar-refractivity contribution in [3.63, 3.8) is 0 Å². The molecule has 5 heteroatoms. The van der Waals surface area contributed by atoms with Crippen LogP contribution in [0.3, 0.4) is 0 Å². The van der Waals surface area contributed by atoms with Crippen LogP contribution >= 0.6 is 0 Å². The molecule has 3 aromatic rings. The molecule has 0 amide bonds. The van der Waals surface area contributed by atoms with Gasteiger partial charge in [-0.2, -0.15) is 0 Å². The first kappa shape index (κ1) is 24.0. The van der Waals surface area contributed by atoms with Crippen LogP contribution in [-0.4, -0.2) is 65.7 Å². The minimum atomic E-state index is 0.212. The number of rotatable bonds is 4. The van der Waals surface area contributed by atoms with E-state index in [1.54, 1.807) is 5.56 Å². The van der Waals surface area contributed by atoms with Crippen molar-refractivity contribution in [3.05, 3.63) is 60.2 Å². The number of fused-ring (bicyclic) bond motifs is 1. The number of aromatic nitrogens is 2. The Kier molecular flexibility index (Phi) is 7.03. The summed E-state index contributed by atoms with van der Waals surface area (Å²) in [5.41, 5.74) is 4.23. The fourth-order valence-corrected chi connectivity index (χ4v) is 7.20. The first-order chi connectivity index (χ1) is 17.7. The second-order valence-corrected chi connectivity index (χ2v) is 11.4. The third kappa shape index (κ3) is 4.56. The Labute approximate surface area is 217 Å². The third-order valence-corrected chi connectivity index (χ3v) is 9.29. The topological polar surface area (TPSA) is 27.5 Å². The molecule has 0 atom stereocenters. The van der Waals surface area contributed by atoms with Crippen molar-refractivity contribution in [2.24, 2.45) is 0 Å². The number of anilines is 1. The summed E-state index contributed by atoms with van der Waals surface area (Å²) in [6.45, 7) is 6.70. The predicted molar refractivity (Wildman–Crippen MR) is 150 cm³/mol. The molecule has 3 aliphatic rings. The summed E-state index contributed by atoms with van der Waals surface area (Å²) in [6, 6.07) is 20.8. The largest absolute Gasteiger partial charge is 0.340 e. The van der Waals surface area contributed by atoms with E-state index in [2.05, 4.69) is 80.9 Å².